The third-order valence-electron chi connectivity index (χ3n) is 3.77. The third kappa shape index (κ3) is 2.41. The average molecular weight is 244 g/mol. The zero-order chi connectivity index (χ0) is 13.1. The second-order valence-electron chi connectivity index (χ2n) is 4.87. The maximum Gasteiger partial charge on any atom is 0.101 e. The Morgan fingerprint density at radius 3 is 2.89 bits per heavy atom. The molecule has 4 heteroatoms. The molecule has 1 atom stereocenters. The van der Waals surface area contributed by atoms with Crippen molar-refractivity contribution in [1.82, 2.24) is 4.90 Å². The average Bonchev–Trinajstić information content (AvgIpc) is 2.40. The second kappa shape index (κ2) is 5.28. The van der Waals surface area contributed by atoms with E-state index in [0.29, 0.717) is 17.3 Å². The van der Waals surface area contributed by atoms with Gasteiger partial charge in [0.05, 0.1) is 5.56 Å². The molecule has 1 heterocycles. The van der Waals surface area contributed by atoms with Gasteiger partial charge in [-0.05, 0) is 31.7 Å². The predicted molar refractivity (Wildman–Crippen MR) is 74.5 cm³/mol. The van der Waals surface area contributed by atoms with E-state index in [2.05, 4.69) is 29.8 Å². The van der Waals surface area contributed by atoms with Crippen molar-refractivity contribution in [3.63, 3.8) is 0 Å². The molecule has 1 aliphatic heterocycles. The number of benzene rings is 1. The van der Waals surface area contributed by atoms with Crippen LogP contribution < -0.4 is 10.6 Å². The van der Waals surface area contributed by atoms with Crippen molar-refractivity contribution < 1.29 is 0 Å². The molecule has 18 heavy (non-hydrogen) atoms. The fraction of sp³-hybridized carbons (Fsp3) is 0.500. The Morgan fingerprint density at radius 2 is 2.22 bits per heavy atom. The molecular weight excluding hydrogens is 224 g/mol. The quantitative estimate of drug-likeness (QED) is 0.804. The van der Waals surface area contributed by atoms with Crippen molar-refractivity contribution in [3.05, 3.63) is 23.8 Å². The van der Waals surface area contributed by atoms with Crippen molar-refractivity contribution in [1.29, 1.82) is 5.26 Å². The summed E-state index contributed by atoms with van der Waals surface area (Å²) in [6.07, 6.45) is 1.15. The molecule has 1 aromatic rings. The zero-order valence-corrected chi connectivity index (χ0v) is 11.1. The minimum atomic E-state index is 0.558. The van der Waals surface area contributed by atoms with Crippen molar-refractivity contribution in [2.24, 2.45) is 0 Å². The van der Waals surface area contributed by atoms with Crippen molar-refractivity contribution in [2.45, 2.75) is 19.4 Å². The highest BCUT2D eigenvalue weighted by molar-refractivity contribution is 5.63. The number of hydrogen-bond donors (Lipinski definition) is 1. The molecule has 0 aromatic heterocycles. The van der Waals surface area contributed by atoms with Gasteiger partial charge in [-0.2, -0.15) is 5.26 Å². The van der Waals surface area contributed by atoms with Crippen LogP contribution in [0.25, 0.3) is 0 Å². The number of nitrogens with two attached hydrogens (primary N) is 1. The van der Waals surface area contributed by atoms with Gasteiger partial charge in [0.15, 0.2) is 0 Å². The van der Waals surface area contributed by atoms with Gasteiger partial charge in [-0.15, -0.1) is 0 Å². The van der Waals surface area contributed by atoms with Crippen LogP contribution in [0, 0.1) is 11.3 Å². The summed E-state index contributed by atoms with van der Waals surface area (Å²) in [5.41, 5.74) is 7.99. The monoisotopic (exact) mass is 244 g/mol. The fourth-order valence-electron chi connectivity index (χ4n) is 2.46. The second-order valence-corrected chi connectivity index (χ2v) is 4.87. The number of nitrogens with zero attached hydrogens (tertiary/aromatic N) is 3. The van der Waals surface area contributed by atoms with E-state index in [4.69, 9.17) is 11.0 Å². The minimum Gasteiger partial charge on any atom is -0.398 e. The molecule has 0 bridgehead atoms. The summed E-state index contributed by atoms with van der Waals surface area (Å²) < 4.78 is 0. The maximum absolute atomic E-state index is 9.02. The van der Waals surface area contributed by atoms with Crippen LogP contribution in [0.3, 0.4) is 0 Å². The van der Waals surface area contributed by atoms with Crippen LogP contribution >= 0.6 is 0 Å². The van der Waals surface area contributed by atoms with Crippen LogP contribution in [0.4, 0.5) is 11.4 Å². The number of nitriles is 1. The predicted octanol–water partition coefficient (Wildman–Crippen LogP) is 1.67. The van der Waals surface area contributed by atoms with E-state index in [-0.39, 0.29) is 0 Å². The lowest BCUT2D eigenvalue weighted by molar-refractivity contribution is 0.213. The van der Waals surface area contributed by atoms with Gasteiger partial charge in [0.25, 0.3) is 0 Å². The van der Waals surface area contributed by atoms with Crippen molar-refractivity contribution in [2.75, 3.05) is 37.3 Å². The molecule has 1 fully saturated rings. The van der Waals surface area contributed by atoms with E-state index in [0.717, 1.165) is 31.7 Å². The van der Waals surface area contributed by atoms with Gasteiger partial charge in [0.1, 0.15) is 6.07 Å². The number of nitrogen functional groups attached to an aromatic ring is 1. The molecule has 4 nitrogen and oxygen atoms in total. The van der Waals surface area contributed by atoms with Crippen LogP contribution in [-0.4, -0.2) is 37.6 Å². The lowest BCUT2D eigenvalue weighted by Crippen LogP contribution is -2.51. The molecule has 0 saturated carbocycles. The first-order chi connectivity index (χ1) is 8.65. The van der Waals surface area contributed by atoms with Gasteiger partial charge in [0, 0.05) is 37.1 Å². The molecule has 0 spiro atoms. The number of anilines is 2. The fourth-order valence-corrected chi connectivity index (χ4v) is 2.46. The highest BCUT2D eigenvalue weighted by Crippen LogP contribution is 2.23. The van der Waals surface area contributed by atoms with Crippen molar-refractivity contribution in [3.8, 4) is 6.07 Å². The van der Waals surface area contributed by atoms with E-state index >= 15 is 0 Å². The lowest BCUT2D eigenvalue weighted by atomic mass is 10.1. The summed E-state index contributed by atoms with van der Waals surface area (Å²) in [4.78, 5) is 4.74. The molecule has 0 aliphatic carbocycles. The normalized spacial score (nSPS) is 20.7. The number of hydrogen-bond acceptors (Lipinski definition) is 4. The van der Waals surface area contributed by atoms with Crippen LogP contribution in [0.15, 0.2) is 18.2 Å². The molecule has 0 radical (unpaired) electrons. The SMILES string of the molecule is CCC1CN(c2ccc(N)c(C#N)c2)CCN1C. The summed E-state index contributed by atoms with van der Waals surface area (Å²) in [6.45, 7) is 5.29. The summed E-state index contributed by atoms with van der Waals surface area (Å²) in [7, 11) is 2.18. The van der Waals surface area contributed by atoms with Gasteiger partial charge in [-0.1, -0.05) is 6.92 Å². The Labute approximate surface area is 109 Å². The van der Waals surface area contributed by atoms with Crippen LogP contribution in [0.5, 0.6) is 0 Å². The first-order valence-electron chi connectivity index (χ1n) is 6.40. The number of likely N-dealkylation sites (N-methyl/N-ethyl adjacent to an activating group) is 1. The van der Waals surface area contributed by atoms with Crippen LogP contribution in [0.2, 0.25) is 0 Å². The van der Waals surface area contributed by atoms with E-state index in [1.54, 1.807) is 0 Å². The van der Waals surface area contributed by atoms with E-state index in [1.165, 1.54) is 0 Å². The van der Waals surface area contributed by atoms with Crippen molar-refractivity contribution >= 4 is 11.4 Å². The molecule has 1 unspecified atom stereocenters. The summed E-state index contributed by atoms with van der Waals surface area (Å²) in [5.74, 6) is 0. The van der Waals surface area contributed by atoms with E-state index in [1.807, 2.05) is 18.2 Å². The summed E-state index contributed by atoms with van der Waals surface area (Å²) in [6, 6.07) is 8.46. The molecule has 2 rings (SSSR count). The molecule has 1 aliphatic rings. The maximum atomic E-state index is 9.02. The topological polar surface area (TPSA) is 56.3 Å². The van der Waals surface area contributed by atoms with Gasteiger partial charge >= 0.3 is 0 Å². The van der Waals surface area contributed by atoms with E-state index in [9.17, 15) is 0 Å². The van der Waals surface area contributed by atoms with Gasteiger partial charge in [-0.25, -0.2) is 0 Å². The first-order valence-corrected chi connectivity index (χ1v) is 6.40. The number of piperazine rings is 1. The molecule has 96 valence electrons. The Hall–Kier alpha value is -1.73. The van der Waals surface area contributed by atoms with Gasteiger partial charge in [-0.3, -0.25) is 4.90 Å². The highest BCUT2D eigenvalue weighted by atomic mass is 15.3. The van der Waals surface area contributed by atoms with Crippen LogP contribution in [-0.2, 0) is 0 Å². The Bertz CT molecular complexity index is 463. The largest absolute Gasteiger partial charge is 0.398 e. The van der Waals surface area contributed by atoms with Gasteiger partial charge < -0.3 is 10.6 Å². The minimum absolute atomic E-state index is 0.558. The molecule has 1 saturated heterocycles. The lowest BCUT2D eigenvalue weighted by Gasteiger charge is -2.40. The smallest absolute Gasteiger partial charge is 0.101 e. The third-order valence-corrected chi connectivity index (χ3v) is 3.77. The number of rotatable bonds is 2. The molecule has 1 aromatic carbocycles. The first kappa shape index (κ1) is 12.7. The van der Waals surface area contributed by atoms with Gasteiger partial charge in [0.2, 0.25) is 0 Å². The Morgan fingerprint density at radius 1 is 1.44 bits per heavy atom. The molecule has 2 N–H and O–H groups in total. The summed E-state index contributed by atoms with van der Waals surface area (Å²) >= 11 is 0. The Balaban J connectivity index is 2.20. The molecule has 0 amide bonds. The zero-order valence-electron chi connectivity index (χ0n) is 11.1. The molecular formula is C14H20N4. The highest BCUT2D eigenvalue weighted by Gasteiger charge is 2.23. The standard InChI is InChI=1S/C14H20N4/c1-3-12-10-18(7-6-17(12)2)13-4-5-14(16)11(8-13)9-15/h4-5,8,12H,3,6-7,10,16H2,1-2H3. The van der Waals surface area contributed by atoms with Crippen LogP contribution in [0.1, 0.15) is 18.9 Å². The van der Waals surface area contributed by atoms with E-state index < -0.39 is 0 Å². The summed E-state index contributed by atoms with van der Waals surface area (Å²) in [5, 5.41) is 9.02. The Kier molecular flexibility index (Phi) is 3.73.